The fraction of sp³-hybridized carbons (Fsp3) is 0.556. The second kappa shape index (κ2) is 6.42. The van der Waals surface area contributed by atoms with E-state index < -0.39 is 5.97 Å². The number of ketones is 1. The van der Waals surface area contributed by atoms with E-state index in [0.717, 1.165) is 36.8 Å². The number of benzene rings is 1. The summed E-state index contributed by atoms with van der Waals surface area (Å²) >= 11 is 0. The Morgan fingerprint density at radius 3 is 2.76 bits per heavy atom. The average molecular weight is 288 g/mol. The van der Waals surface area contributed by atoms with Gasteiger partial charge in [0.1, 0.15) is 0 Å². The van der Waals surface area contributed by atoms with Gasteiger partial charge in [0.2, 0.25) is 0 Å². The molecule has 0 radical (unpaired) electrons. The van der Waals surface area contributed by atoms with Gasteiger partial charge in [-0.15, -0.1) is 0 Å². The fourth-order valence-electron chi connectivity index (χ4n) is 3.29. The van der Waals surface area contributed by atoms with E-state index in [1.54, 1.807) is 0 Å². The van der Waals surface area contributed by atoms with Crippen LogP contribution in [0.4, 0.5) is 0 Å². The highest BCUT2D eigenvalue weighted by atomic mass is 16.4. The van der Waals surface area contributed by atoms with Gasteiger partial charge >= 0.3 is 5.97 Å². The maximum Gasteiger partial charge on any atom is 0.306 e. The molecule has 3 heteroatoms. The van der Waals surface area contributed by atoms with Crippen LogP contribution in [0.2, 0.25) is 0 Å². The predicted octanol–water partition coefficient (Wildman–Crippen LogP) is 4.10. The average Bonchev–Trinajstić information content (AvgIpc) is 2.48. The van der Waals surface area contributed by atoms with Crippen LogP contribution in [-0.4, -0.2) is 16.9 Å². The van der Waals surface area contributed by atoms with Crippen LogP contribution in [0.5, 0.6) is 0 Å². The highest BCUT2D eigenvalue weighted by Crippen LogP contribution is 2.39. The number of aryl methyl sites for hydroxylation is 1. The van der Waals surface area contributed by atoms with Gasteiger partial charge in [-0.25, -0.2) is 0 Å². The van der Waals surface area contributed by atoms with Crippen molar-refractivity contribution in [3.8, 4) is 0 Å². The van der Waals surface area contributed by atoms with E-state index >= 15 is 0 Å². The van der Waals surface area contributed by atoms with Gasteiger partial charge in [0.25, 0.3) is 0 Å². The third-order valence-electron chi connectivity index (χ3n) is 4.88. The number of rotatable bonds is 6. The maximum absolute atomic E-state index is 12.7. The van der Waals surface area contributed by atoms with Crippen molar-refractivity contribution in [3.63, 3.8) is 0 Å². The molecule has 0 saturated heterocycles. The highest BCUT2D eigenvalue weighted by Gasteiger charge is 2.37. The molecule has 0 bridgehead atoms. The molecule has 1 aromatic carbocycles. The molecule has 1 aliphatic rings. The maximum atomic E-state index is 12.7. The third kappa shape index (κ3) is 3.34. The quantitative estimate of drug-likeness (QED) is 0.857. The lowest BCUT2D eigenvalue weighted by molar-refractivity contribution is -0.142. The lowest BCUT2D eigenvalue weighted by atomic mass is 9.69. The van der Waals surface area contributed by atoms with Gasteiger partial charge in [0.05, 0.1) is 5.92 Å². The molecule has 21 heavy (non-hydrogen) atoms. The molecule has 2 atom stereocenters. The first-order chi connectivity index (χ1) is 9.98. The Morgan fingerprint density at radius 2 is 2.10 bits per heavy atom. The van der Waals surface area contributed by atoms with Crippen LogP contribution in [0.1, 0.15) is 61.9 Å². The number of Topliss-reactive ketones (excluding diaryl/α,β-unsaturated/α-hetero) is 1. The SMILES string of the molecule is CCC(CCCC1(C)CCc2ccccc2C1=O)C(=O)O. The molecule has 0 heterocycles. The number of carbonyl (C=O) groups is 2. The zero-order valence-electron chi connectivity index (χ0n) is 12.9. The predicted molar refractivity (Wildman–Crippen MR) is 82.5 cm³/mol. The Morgan fingerprint density at radius 1 is 1.38 bits per heavy atom. The normalized spacial score (nSPS) is 22.7. The lowest BCUT2D eigenvalue weighted by Crippen LogP contribution is -2.33. The third-order valence-corrected chi connectivity index (χ3v) is 4.88. The van der Waals surface area contributed by atoms with Crippen molar-refractivity contribution in [2.75, 3.05) is 0 Å². The molecule has 0 aliphatic heterocycles. The van der Waals surface area contributed by atoms with Crippen molar-refractivity contribution >= 4 is 11.8 Å². The molecule has 1 aliphatic carbocycles. The molecule has 0 aromatic heterocycles. The van der Waals surface area contributed by atoms with Crippen LogP contribution in [0, 0.1) is 11.3 Å². The zero-order valence-corrected chi connectivity index (χ0v) is 12.9. The molecule has 114 valence electrons. The van der Waals surface area contributed by atoms with Crippen LogP contribution < -0.4 is 0 Å². The minimum atomic E-state index is -0.719. The van der Waals surface area contributed by atoms with Crippen molar-refractivity contribution in [3.05, 3.63) is 35.4 Å². The molecule has 0 fully saturated rings. The monoisotopic (exact) mass is 288 g/mol. The molecule has 1 aromatic rings. The van der Waals surface area contributed by atoms with Crippen molar-refractivity contribution in [1.82, 2.24) is 0 Å². The van der Waals surface area contributed by atoms with Gasteiger partial charge < -0.3 is 5.11 Å². The van der Waals surface area contributed by atoms with Gasteiger partial charge in [0.15, 0.2) is 5.78 Å². The largest absolute Gasteiger partial charge is 0.481 e. The molecule has 1 N–H and O–H groups in total. The van der Waals surface area contributed by atoms with Crippen LogP contribution in [-0.2, 0) is 11.2 Å². The summed E-state index contributed by atoms with van der Waals surface area (Å²) in [4.78, 5) is 23.8. The molecular formula is C18H24O3. The number of fused-ring (bicyclic) bond motifs is 1. The second-order valence-electron chi connectivity index (χ2n) is 6.38. The Bertz CT molecular complexity index is 535. The molecule has 0 saturated carbocycles. The van der Waals surface area contributed by atoms with Crippen LogP contribution in [0.3, 0.4) is 0 Å². The van der Waals surface area contributed by atoms with Crippen molar-refractivity contribution in [2.45, 2.75) is 52.4 Å². The summed E-state index contributed by atoms with van der Waals surface area (Å²) in [7, 11) is 0. The van der Waals surface area contributed by atoms with E-state index in [1.807, 2.05) is 38.1 Å². The van der Waals surface area contributed by atoms with E-state index in [-0.39, 0.29) is 17.1 Å². The first-order valence-electron chi connectivity index (χ1n) is 7.83. The van der Waals surface area contributed by atoms with Crippen molar-refractivity contribution in [2.24, 2.45) is 11.3 Å². The van der Waals surface area contributed by atoms with Gasteiger partial charge in [-0.2, -0.15) is 0 Å². The first-order valence-corrected chi connectivity index (χ1v) is 7.83. The minimum absolute atomic E-state index is 0.229. The van der Waals surface area contributed by atoms with Crippen LogP contribution in [0.15, 0.2) is 24.3 Å². The Balaban J connectivity index is 2.01. The van der Waals surface area contributed by atoms with E-state index in [0.29, 0.717) is 12.8 Å². The van der Waals surface area contributed by atoms with E-state index in [2.05, 4.69) is 0 Å². The van der Waals surface area contributed by atoms with Crippen molar-refractivity contribution in [1.29, 1.82) is 0 Å². The summed E-state index contributed by atoms with van der Waals surface area (Å²) in [6, 6.07) is 7.85. The van der Waals surface area contributed by atoms with Crippen LogP contribution in [0.25, 0.3) is 0 Å². The fourth-order valence-corrected chi connectivity index (χ4v) is 3.29. The summed E-state index contributed by atoms with van der Waals surface area (Å²) in [5.41, 5.74) is 1.68. The second-order valence-corrected chi connectivity index (χ2v) is 6.38. The molecule has 0 amide bonds. The number of hydrogen-bond acceptors (Lipinski definition) is 2. The lowest BCUT2D eigenvalue weighted by Gasteiger charge is -2.33. The number of carboxylic acids is 1. The topological polar surface area (TPSA) is 54.4 Å². The Hall–Kier alpha value is -1.64. The molecular weight excluding hydrogens is 264 g/mol. The number of carboxylic acid groups (broad SMARTS) is 1. The molecule has 2 rings (SSSR count). The van der Waals surface area contributed by atoms with Gasteiger partial charge in [-0.1, -0.05) is 44.5 Å². The molecule has 2 unspecified atom stereocenters. The summed E-state index contributed by atoms with van der Waals surface area (Å²) in [6.07, 6.45) is 4.71. The standard InChI is InChI=1S/C18H24O3/c1-3-13(17(20)21)8-6-11-18(2)12-10-14-7-4-5-9-15(14)16(18)19/h4-5,7,9,13H,3,6,8,10-12H2,1-2H3,(H,20,21). The highest BCUT2D eigenvalue weighted by molar-refractivity contribution is 6.02. The van der Waals surface area contributed by atoms with E-state index in [1.165, 1.54) is 0 Å². The molecule has 0 spiro atoms. The summed E-state index contributed by atoms with van der Waals surface area (Å²) in [5, 5.41) is 9.09. The van der Waals surface area contributed by atoms with E-state index in [9.17, 15) is 9.59 Å². The number of hydrogen-bond donors (Lipinski definition) is 1. The number of carbonyl (C=O) groups excluding carboxylic acids is 1. The Kier molecular flexibility index (Phi) is 4.81. The summed E-state index contributed by atoms with van der Waals surface area (Å²) in [5.74, 6) is -0.768. The number of aliphatic carboxylic acids is 1. The molecule has 3 nitrogen and oxygen atoms in total. The minimum Gasteiger partial charge on any atom is -0.481 e. The first kappa shape index (κ1) is 15.7. The van der Waals surface area contributed by atoms with Crippen molar-refractivity contribution < 1.29 is 14.7 Å². The summed E-state index contributed by atoms with van der Waals surface area (Å²) < 4.78 is 0. The van der Waals surface area contributed by atoms with Gasteiger partial charge in [-0.05, 0) is 37.7 Å². The van der Waals surface area contributed by atoms with Crippen LogP contribution >= 0.6 is 0 Å². The zero-order chi connectivity index (χ0) is 15.5. The van der Waals surface area contributed by atoms with Gasteiger partial charge in [0, 0.05) is 11.0 Å². The van der Waals surface area contributed by atoms with E-state index in [4.69, 9.17) is 5.11 Å². The smallest absolute Gasteiger partial charge is 0.306 e. The Labute approximate surface area is 126 Å². The van der Waals surface area contributed by atoms with Gasteiger partial charge in [-0.3, -0.25) is 9.59 Å². The summed E-state index contributed by atoms with van der Waals surface area (Å²) in [6.45, 7) is 3.94.